The molecule has 1 rings (SSSR count). The van der Waals surface area contributed by atoms with Crippen molar-refractivity contribution < 1.29 is 19.8 Å². The fraction of sp³-hybridized carbons (Fsp3) is 0.357. The van der Waals surface area contributed by atoms with Crippen LogP contribution in [0.25, 0.3) is 0 Å². The zero-order valence-corrected chi connectivity index (χ0v) is 12.4. The lowest BCUT2D eigenvalue weighted by Crippen LogP contribution is -2.43. The maximum atomic E-state index is 11.1. The summed E-state index contributed by atoms with van der Waals surface area (Å²) in [4.78, 5) is 21.6. The molecule has 0 spiro atoms. The molecule has 0 aliphatic carbocycles. The van der Waals surface area contributed by atoms with Gasteiger partial charge in [0.05, 0.1) is 0 Å². The number of carboxylic acid groups (broad SMARTS) is 2. The number of aryl methyl sites for hydroxylation is 1. The van der Waals surface area contributed by atoms with Gasteiger partial charge in [-0.05, 0) is 43.6 Å². The summed E-state index contributed by atoms with van der Waals surface area (Å²) in [6, 6.07) is 6.58. The lowest BCUT2D eigenvalue weighted by atomic mass is 10.1. The van der Waals surface area contributed by atoms with Crippen molar-refractivity contribution in [2.45, 2.75) is 32.2 Å². The van der Waals surface area contributed by atoms with E-state index in [4.69, 9.17) is 22.4 Å². The molecule has 0 bridgehead atoms. The highest BCUT2D eigenvalue weighted by Gasteiger charge is 2.18. The van der Waals surface area contributed by atoms with Crippen molar-refractivity contribution in [1.82, 2.24) is 5.32 Å². The predicted molar refractivity (Wildman–Crippen MR) is 83.4 cm³/mol. The van der Waals surface area contributed by atoms with E-state index in [9.17, 15) is 9.59 Å². The molecule has 1 aromatic carbocycles. The van der Waals surface area contributed by atoms with Crippen molar-refractivity contribution in [2.24, 2.45) is 0 Å². The van der Waals surface area contributed by atoms with Crippen LogP contribution in [-0.2, 0) is 9.59 Å². The van der Waals surface area contributed by atoms with Crippen LogP contribution in [0, 0.1) is 6.92 Å². The van der Waals surface area contributed by atoms with Gasteiger partial charge in [0.2, 0.25) is 0 Å². The molecule has 21 heavy (non-hydrogen) atoms. The maximum Gasteiger partial charge on any atom is 0.326 e. The number of aliphatic carboxylic acids is 2. The van der Waals surface area contributed by atoms with Gasteiger partial charge in [-0.25, -0.2) is 4.79 Å². The van der Waals surface area contributed by atoms with Gasteiger partial charge in [0.25, 0.3) is 0 Å². The van der Waals surface area contributed by atoms with Gasteiger partial charge in [0.1, 0.15) is 6.04 Å². The molecule has 7 heteroatoms. The molecule has 0 amide bonds. The molecular weight excluding hydrogens is 292 g/mol. The Labute approximate surface area is 128 Å². The second kappa shape index (κ2) is 8.21. The number of nitrogens with one attached hydrogen (secondary N) is 2. The summed E-state index contributed by atoms with van der Waals surface area (Å²) in [5, 5.41) is 23.5. The second-order valence-corrected chi connectivity index (χ2v) is 5.00. The van der Waals surface area contributed by atoms with Crippen LogP contribution in [0.4, 0.5) is 5.69 Å². The fourth-order valence-electron chi connectivity index (χ4n) is 1.74. The SMILES string of the molecule is Cc1ccccc1NC(=S)NC(CCCC(=O)O)C(=O)O. The highest BCUT2D eigenvalue weighted by Crippen LogP contribution is 2.13. The third kappa shape index (κ3) is 6.22. The summed E-state index contributed by atoms with van der Waals surface area (Å²) in [5.41, 5.74) is 1.78. The first-order valence-electron chi connectivity index (χ1n) is 6.48. The summed E-state index contributed by atoms with van der Waals surface area (Å²) in [6.45, 7) is 1.91. The molecule has 0 aliphatic heterocycles. The smallest absolute Gasteiger partial charge is 0.326 e. The van der Waals surface area contributed by atoms with Crippen LogP contribution >= 0.6 is 12.2 Å². The minimum absolute atomic E-state index is 0.0660. The minimum Gasteiger partial charge on any atom is -0.481 e. The van der Waals surface area contributed by atoms with Crippen LogP contribution in [0.15, 0.2) is 24.3 Å². The number of rotatable bonds is 7. The number of carbonyl (C=O) groups is 2. The number of hydrogen-bond acceptors (Lipinski definition) is 3. The first-order valence-corrected chi connectivity index (χ1v) is 6.88. The lowest BCUT2D eigenvalue weighted by molar-refractivity contribution is -0.140. The van der Waals surface area contributed by atoms with Gasteiger partial charge >= 0.3 is 11.9 Å². The molecule has 0 saturated carbocycles. The van der Waals surface area contributed by atoms with E-state index < -0.39 is 18.0 Å². The normalized spacial score (nSPS) is 11.5. The Kier molecular flexibility index (Phi) is 6.61. The van der Waals surface area contributed by atoms with Crippen LogP contribution in [0.3, 0.4) is 0 Å². The quantitative estimate of drug-likeness (QED) is 0.572. The first kappa shape index (κ1) is 16.9. The zero-order valence-electron chi connectivity index (χ0n) is 11.6. The highest BCUT2D eigenvalue weighted by atomic mass is 32.1. The van der Waals surface area contributed by atoms with Crippen molar-refractivity contribution in [3.63, 3.8) is 0 Å². The monoisotopic (exact) mass is 310 g/mol. The summed E-state index contributed by atoms with van der Waals surface area (Å²) in [5.74, 6) is -2.01. The molecule has 0 aliphatic rings. The molecule has 0 saturated heterocycles. The molecule has 0 fully saturated rings. The van der Waals surface area contributed by atoms with Crippen LogP contribution in [0.2, 0.25) is 0 Å². The Hall–Kier alpha value is -2.15. The van der Waals surface area contributed by atoms with Crippen molar-refractivity contribution in [3.05, 3.63) is 29.8 Å². The van der Waals surface area contributed by atoms with Crippen molar-refractivity contribution in [3.8, 4) is 0 Å². The van der Waals surface area contributed by atoms with Crippen molar-refractivity contribution in [2.75, 3.05) is 5.32 Å². The Balaban J connectivity index is 2.54. The lowest BCUT2D eigenvalue weighted by Gasteiger charge is -2.17. The topological polar surface area (TPSA) is 98.7 Å². The van der Waals surface area contributed by atoms with Gasteiger partial charge in [0.15, 0.2) is 5.11 Å². The molecule has 1 unspecified atom stereocenters. The van der Waals surface area contributed by atoms with Gasteiger partial charge < -0.3 is 20.8 Å². The Bertz CT molecular complexity index is 533. The summed E-state index contributed by atoms with van der Waals surface area (Å²) < 4.78 is 0. The minimum atomic E-state index is -1.06. The molecule has 1 atom stereocenters. The van der Waals surface area contributed by atoms with Crippen molar-refractivity contribution in [1.29, 1.82) is 0 Å². The average molecular weight is 310 g/mol. The summed E-state index contributed by atoms with van der Waals surface area (Å²) in [7, 11) is 0. The van der Waals surface area contributed by atoms with E-state index in [1.807, 2.05) is 31.2 Å². The van der Waals surface area contributed by atoms with Gasteiger partial charge in [-0.3, -0.25) is 4.79 Å². The van der Waals surface area contributed by atoms with Crippen LogP contribution in [0.5, 0.6) is 0 Å². The van der Waals surface area contributed by atoms with E-state index in [0.29, 0.717) is 0 Å². The molecule has 0 heterocycles. The van der Waals surface area contributed by atoms with E-state index >= 15 is 0 Å². The number of carboxylic acids is 2. The maximum absolute atomic E-state index is 11.1. The van der Waals surface area contributed by atoms with Crippen LogP contribution in [0.1, 0.15) is 24.8 Å². The van der Waals surface area contributed by atoms with E-state index in [0.717, 1.165) is 11.3 Å². The van der Waals surface area contributed by atoms with Gasteiger partial charge in [-0.1, -0.05) is 18.2 Å². The van der Waals surface area contributed by atoms with Gasteiger partial charge in [-0.15, -0.1) is 0 Å². The number of thiocarbonyl (C=S) groups is 1. The van der Waals surface area contributed by atoms with Crippen LogP contribution in [-0.4, -0.2) is 33.3 Å². The second-order valence-electron chi connectivity index (χ2n) is 4.59. The summed E-state index contributed by atoms with van der Waals surface area (Å²) in [6.07, 6.45) is 0.396. The molecule has 114 valence electrons. The summed E-state index contributed by atoms with van der Waals surface area (Å²) >= 11 is 5.09. The van der Waals surface area contributed by atoms with E-state index in [1.54, 1.807) is 0 Å². The standard InChI is InChI=1S/C14H18N2O4S/c1-9-5-2-3-6-10(9)15-14(21)16-11(13(19)20)7-4-8-12(17)18/h2-3,5-6,11H,4,7-8H2,1H3,(H,17,18)(H,19,20)(H2,15,16,21). The first-order chi connectivity index (χ1) is 9.90. The molecule has 0 aromatic heterocycles. The number of anilines is 1. The third-order valence-electron chi connectivity index (χ3n) is 2.88. The van der Waals surface area contributed by atoms with Crippen molar-refractivity contribution >= 4 is 35.0 Å². The Morgan fingerprint density at radius 2 is 1.95 bits per heavy atom. The average Bonchev–Trinajstić information content (AvgIpc) is 2.39. The van der Waals surface area contributed by atoms with Crippen LogP contribution < -0.4 is 10.6 Å². The fourth-order valence-corrected chi connectivity index (χ4v) is 2.00. The molecule has 6 nitrogen and oxygen atoms in total. The van der Waals surface area contributed by atoms with E-state index in [-0.39, 0.29) is 24.4 Å². The number of para-hydroxylation sites is 1. The molecule has 1 aromatic rings. The molecule has 0 radical (unpaired) electrons. The molecule has 4 N–H and O–H groups in total. The highest BCUT2D eigenvalue weighted by molar-refractivity contribution is 7.80. The largest absolute Gasteiger partial charge is 0.481 e. The number of benzene rings is 1. The number of hydrogen-bond donors (Lipinski definition) is 4. The predicted octanol–water partition coefficient (Wildman–Crippen LogP) is 1.99. The van der Waals surface area contributed by atoms with Gasteiger partial charge in [0, 0.05) is 12.1 Å². The third-order valence-corrected chi connectivity index (χ3v) is 3.10. The Morgan fingerprint density at radius 3 is 2.52 bits per heavy atom. The van der Waals surface area contributed by atoms with Gasteiger partial charge in [-0.2, -0.15) is 0 Å². The Morgan fingerprint density at radius 1 is 1.29 bits per heavy atom. The zero-order chi connectivity index (χ0) is 15.8. The molecular formula is C14H18N2O4S. The van der Waals surface area contributed by atoms with E-state index in [1.165, 1.54) is 0 Å². The van der Waals surface area contributed by atoms with E-state index in [2.05, 4.69) is 10.6 Å².